The maximum Gasteiger partial charge on any atom is 0.198 e. The summed E-state index contributed by atoms with van der Waals surface area (Å²) in [5, 5.41) is 0. The van der Waals surface area contributed by atoms with Gasteiger partial charge in [-0.05, 0) is 36.1 Å². The van der Waals surface area contributed by atoms with Gasteiger partial charge in [-0.2, -0.15) is 0 Å². The monoisotopic (exact) mass is 204 g/mol. The summed E-state index contributed by atoms with van der Waals surface area (Å²) in [4.78, 5) is 21.6. The van der Waals surface area contributed by atoms with Crippen molar-refractivity contribution in [2.75, 3.05) is 7.11 Å². The summed E-state index contributed by atoms with van der Waals surface area (Å²) >= 11 is 0. The molecule has 1 aromatic carbocycles. The van der Waals surface area contributed by atoms with Gasteiger partial charge in [0.2, 0.25) is 0 Å². The Balaban J connectivity index is 2.23. The molecule has 0 bridgehead atoms. The van der Waals surface area contributed by atoms with Crippen molar-refractivity contribution in [3.8, 4) is 5.75 Å². The fourth-order valence-corrected chi connectivity index (χ4v) is 2.02. The Bertz CT molecular complexity index is 409. The molecule has 78 valence electrons. The quantitative estimate of drug-likeness (QED) is 0.548. The van der Waals surface area contributed by atoms with Crippen LogP contribution in [0, 0.1) is 5.92 Å². The average Bonchev–Trinajstić information content (AvgIpc) is 2.70. The second kappa shape index (κ2) is 3.85. The molecule has 0 heterocycles. The highest BCUT2D eigenvalue weighted by Gasteiger charge is 2.26. The van der Waals surface area contributed by atoms with Gasteiger partial charge in [-0.15, -0.1) is 0 Å². The van der Waals surface area contributed by atoms with Crippen LogP contribution in [0.25, 0.3) is 0 Å². The third-order valence-corrected chi connectivity index (χ3v) is 2.86. The van der Waals surface area contributed by atoms with Crippen molar-refractivity contribution in [2.45, 2.75) is 12.8 Å². The van der Waals surface area contributed by atoms with Crippen molar-refractivity contribution < 1.29 is 14.3 Å². The van der Waals surface area contributed by atoms with Crippen LogP contribution >= 0.6 is 0 Å². The molecule has 0 aromatic heterocycles. The summed E-state index contributed by atoms with van der Waals surface area (Å²) in [5.41, 5.74) is 2.27. The average molecular weight is 204 g/mol. The van der Waals surface area contributed by atoms with E-state index in [1.807, 2.05) is 18.2 Å². The van der Waals surface area contributed by atoms with Crippen molar-refractivity contribution in [3.05, 3.63) is 29.3 Å². The molecule has 1 aromatic rings. The van der Waals surface area contributed by atoms with Gasteiger partial charge in [0.05, 0.1) is 7.11 Å². The van der Waals surface area contributed by atoms with Crippen molar-refractivity contribution in [3.63, 3.8) is 0 Å². The number of hydrogen-bond acceptors (Lipinski definition) is 3. The number of rotatable bonds is 3. The van der Waals surface area contributed by atoms with Crippen molar-refractivity contribution in [2.24, 2.45) is 5.92 Å². The lowest BCUT2D eigenvalue weighted by molar-refractivity contribution is -0.132. The summed E-state index contributed by atoms with van der Waals surface area (Å²) in [6.07, 6.45) is 1.76. The lowest BCUT2D eigenvalue weighted by Crippen LogP contribution is -2.15. The van der Waals surface area contributed by atoms with Crippen LogP contribution in [-0.2, 0) is 22.4 Å². The fourth-order valence-electron chi connectivity index (χ4n) is 2.02. The van der Waals surface area contributed by atoms with Crippen LogP contribution in [0.1, 0.15) is 11.1 Å². The first-order chi connectivity index (χ1) is 7.24. The Morgan fingerprint density at radius 2 is 2.13 bits per heavy atom. The number of carbonyl (C=O) groups excluding carboxylic acids is 2. The van der Waals surface area contributed by atoms with Gasteiger partial charge in [0.15, 0.2) is 12.1 Å². The molecular weight excluding hydrogens is 192 g/mol. The van der Waals surface area contributed by atoms with E-state index in [4.69, 9.17) is 4.74 Å². The highest BCUT2D eigenvalue weighted by atomic mass is 16.5. The minimum Gasteiger partial charge on any atom is -0.497 e. The van der Waals surface area contributed by atoms with Gasteiger partial charge in [0.1, 0.15) is 5.75 Å². The van der Waals surface area contributed by atoms with Crippen LogP contribution in [0.4, 0.5) is 0 Å². The molecule has 1 unspecified atom stereocenters. The van der Waals surface area contributed by atoms with Gasteiger partial charge in [0.25, 0.3) is 0 Å². The molecule has 0 fully saturated rings. The van der Waals surface area contributed by atoms with Crippen LogP contribution in [0.3, 0.4) is 0 Å². The van der Waals surface area contributed by atoms with Gasteiger partial charge >= 0.3 is 0 Å². The standard InChI is InChI=1S/C12H12O3/c1-15-11-3-2-8-4-10(12(14)7-13)5-9(8)6-11/h2-3,6-7,10H,4-5H2,1H3. The molecule has 0 amide bonds. The SMILES string of the molecule is COc1ccc2c(c1)CC(C(=O)C=O)C2. The first-order valence-corrected chi connectivity index (χ1v) is 4.89. The molecule has 1 atom stereocenters. The maximum atomic E-state index is 11.2. The summed E-state index contributed by atoms with van der Waals surface area (Å²) in [6.45, 7) is 0. The Labute approximate surface area is 88.1 Å². The van der Waals surface area contributed by atoms with Gasteiger partial charge < -0.3 is 4.74 Å². The Kier molecular flexibility index (Phi) is 2.54. The largest absolute Gasteiger partial charge is 0.497 e. The Morgan fingerprint density at radius 3 is 2.80 bits per heavy atom. The molecule has 0 aliphatic heterocycles. The first-order valence-electron chi connectivity index (χ1n) is 4.89. The van der Waals surface area contributed by atoms with Crippen LogP contribution in [0.2, 0.25) is 0 Å². The second-order valence-electron chi connectivity index (χ2n) is 3.76. The van der Waals surface area contributed by atoms with E-state index in [9.17, 15) is 9.59 Å². The third kappa shape index (κ3) is 1.77. The summed E-state index contributed by atoms with van der Waals surface area (Å²) in [5.74, 6) is 0.336. The molecule has 0 N–H and O–H groups in total. The smallest absolute Gasteiger partial charge is 0.198 e. The van der Waals surface area contributed by atoms with Crippen LogP contribution in [-0.4, -0.2) is 19.2 Å². The van der Waals surface area contributed by atoms with E-state index in [0.717, 1.165) is 16.9 Å². The Hall–Kier alpha value is -1.64. The second-order valence-corrected chi connectivity index (χ2v) is 3.76. The van der Waals surface area contributed by atoms with Gasteiger partial charge in [-0.1, -0.05) is 6.07 Å². The van der Waals surface area contributed by atoms with Crippen molar-refractivity contribution >= 4 is 12.1 Å². The normalized spacial score (nSPS) is 18.3. The molecule has 3 nitrogen and oxygen atoms in total. The van der Waals surface area contributed by atoms with Gasteiger partial charge in [0, 0.05) is 5.92 Å². The Morgan fingerprint density at radius 1 is 1.40 bits per heavy atom. The topological polar surface area (TPSA) is 43.4 Å². The number of ether oxygens (including phenoxy) is 1. The molecule has 0 spiro atoms. The van der Waals surface area contributed by atoms with Crippen molar-refractivity contribution in [1.29, 1.82) is 0 Å². The fraction of sp³-hybridized carbons (Fsp3) is 0.333. The van der Waals surface area contributed by atoms with Crippen LogP contribution in [0.5, 0.6) is 5.75 Å². The highest BCUT2D eigenvalue weighted by molar-refractivity contribution is 6.26. The predicted molar refractivity (Wildman–Crippen MR) is 55.0 cm³/mol. The molecule has 1 aliphatic rings. The molecular formula is C12H12O3. The molecule has 0 saturated carbocycles. The van der Waals surface area contributed by atoms with Crippen molar-refractivity contribution in [1.82, 2.24) is 0 Å². The lowest BCUT2D eigenvalue weighted by Gasteiger charge is -2.02. The third-order valence-electron chi connectivity index (χ3n) is 2.86. The highest BCUT2D eigenvalue weighted by Crippen LogP contribution is 2.29. The number of aldehydes is 1. The van der Waals surface area contributed by atoms with E-state index in [2.05, 4.69) is 0 Å². The lowest BCUT2D eigenvalue weighted by atomic mass is 10.0. The van der Waals surface area contributed by atoms with E-state index in [0.29, 0.717) is 19.1 Å². The zero-order chi connectivity index (χ0) is 10.8. The molecule has 0 radical (unpaired) electrons. The van der Waals surface area contributed by atoms with Crippen LogP contribution in [0.15, 0.2) is 18.2 Å². The number of benzene rings is 1. The summed E-state index contributed by atoms with van der Waals surface area (Å²) in [6, 6.07) is 5.78. The molecule has 2 rings (SSSR count). The van der Waals surface area contributed by atoms with Gasteiger partial charge in [-0.3, -0.25) is 9.59 Å². The minimum atomic E-state index is -0.301. The maximum absolute atomic E-state index is 11.2. The number of carbonyl (C=O) groups is 2. The van der Waals surface area contributed by atoms with E-state index >= 15 is 0 Å². The number of ketones is 1. The summed E-state index contributed by atoms with van der Waals surface area (Å²) < 4.78 is 5.11. The summed E-state index contributed by atoms with van der Waals surface area (Å²) in [7, 11) is 1.62. The number of Topliss-reactive ketones (excluding diaryl/α,β-unsaturated/α-hetero) is 1. The molecule has 15 heavy (non-hydrogen) atoms. The van der Waals surface area contributed by atoms with E-state index in [1.165, 1.54) is 0 Å². The predicted octanol–water partition coefficient (Wildman–Crippen LogP) is 1.18. The van der Waals surface area contributed by atoms with E-state index < -0.39 is 0 Å². The molecule has 1 aliphatic carbocycles. The number of hydrogen-bond donors (Lipinski definition) is 0. The molecule has 3 heteroatoms. The minimum absolute atomic E-state index is 0.162. The first kappa shape index (κ1) is 9.90. The zero-order valence-corrected chi connectivity index (χ0v) is 8.53. The van der Waals surface area contributed by atoms with E-state index in [-0.39, 0.29) is 11.7 Å². The van der Waals surface area contributed by atoms with Crippen LogP contribution < -0.4 is 4.74 Å². The number of methoxy groups -OCH3 is 1. The van der Waals surface area contributed by atoms with E-state index in [1.54, 1.807) is 7.11 Å². The number of fused-ring (bicyclic) bond motifs is 1. The zero-order valence-electron chi connectivity index (χ0n) is 8.53. The molecule has 0 saturated heterocycles. The van der Waals surface area contributed by atoms with Gasteiger partial charge in [-0.25, -0.2) is 0 Å².